The van der Waals surface area contributed by atoms with E-state index in [2.05, 4.69) is 9.97 Å². The van der Waals surface area contributed by atoms with Crippen LogP contribution in [0.25, 0.3) is 11.3 Å². The van der Waals surface area contributed by atoms with Gasteiger partial charge in [-0.05, 0) is 12.1 Å². The summed E-state index contributed by atoms with van der Waals surface area (Å²) < 4.78 is 0. The molecule has 0 bridgehead atoms. The van der Waals surface area contributed by atoms with Crippen molar-refractivity contribution in [3.8, 4) is 17.3 Å². The van der Waals surface area contributed by atoms with Crippen LogP contribution in [-0.4, -0.2) is 15.8 Å². The van der Waals surface area contributed by atoms with Crippen molar-refractivity contribution in [2.45, 2.75) is 5.92 Å². The normalized spacial score (nSPS) is 11.8. The minimum Gasteiger partial charge on any atom is -0.290 e. The summed E-state index contributed by atoms with van der Waals surface area (Å²) in [5.41, 5.74) is 3.50. The molecule has 3 rings (SSSR count). The van der Waals surface area contributed by atoms with Crippen molar-refractivity contribution in [3.05, 3.63) is 56.3 Å². The molecule has 108 valence electrons. The van der Waals surface area contributed by atoms with Crippen LogP contribution in [0, 0.1) is 11.3 Å². The van der Waals surface area contributed by atoms with Crippen molar-refractivity contribution < 1.29 is 4.79 Å². The first-order valence-electron chi connectivity index (χ1n) is 6.22. The van der Waals surface area contributed by atoms with Crippen LogP contribution in [0.15, 0.2) is 40.5 Å². The number of nitrogens with zero attached hydrogens (tertiary/aromatic N) is 3. The zero-order valence-electron chi connectivity index (χ0n) is 11.1. The second kappa shape index (κ2) is 6.36. The Bertz CT molecular complexity index is 835. The molecule has 0 radical (unpaired) electrons. The predicted molar refractivity (Wildman–Crippen MR) is 87.4 cm³/mol. The number of aromatic nitrogens is 2. The molecule has 0 saturated carbocycles. The Kier molecular flexibility index (Phi) is 4.29. The lowest BCUT2D eigenvalue weighted by atomic mass is 10.0. The van der Waals surface area contributed by atoms with Crippen molar-refractivity contribution in [2.24, 2.45) is 0 Å². The highest BCUT2D eigenvalue weighted by Crippen LogP contribution is 2.29. The van der Waals surface area contributed by atoms with Gasteiger partial charge >= 0.3 is 0 Å². The van der Waals surface area contributed by atoms with E-state index < -0.39 is 5.92 Å². The summed E-state index contributed by atoms with van der Waals surface area (Å²) in [6.07, 6.45) is 0. The molecule has 1 aromatic carbocycles. The Morgan fingerprint density at radius 3 is 2.68 bits per heavy atom. The summed E-state index contributed by atoms with van der Waals surface area (Å²) in [5, 5.41) is 13.9. The monoisotopic (exact) mass is 345 g/mol. The molecule has 0 saturated heterocycles. The molecule has 0 spiro atoms. The molecule has 3 aromatic rings. The molecule has 22 heavy (non-hydrogen) atoms. The molecule has 0 aliphatic carbocycles. The predicted octanol–water partition coefficient (Wildman–Crippen LogP) is 4.41. The van der Waals surface area contributed by atoms with Gasteiger partial charge in [0, 0.05) is 21.3 Å². The number of halogens is 1. The molecule has 2 aromatic heterocycles. The first-order chi connectivity index (χ1) is 10.7. The minimum absolute atomic E-state index is 0.305. The van der Waals surface area contributed by atoms with E-state index in [1.165, 1.54) is 22.7 Å². The van der Waals surface area contributed by atoms with Crippen LogP contribution >= 0.6 is 34.3 Å². The number of hydrogen-bond acceptors (Lipinski definition) is 6. The quantitative estimate of drug-likeness (QED) is 0.657. The third-order valence-corrected chi connectivity index (χ3v) is 4.73. The topological polar surface area (TPSA) is 66.6 Å². The van der Waals surface area contributed by atoms with Gasteiger partial charge in [0.15, 0.2) is 5.92 Å². The fourth-order valence-electron chi connectivity index (χ4n) is 1.88. The smallest absolute Gasteiger partial charge is 0.206 e. The summed E-state index contributed by atoms with van der Waals surface area (Å²) in [5.74, 6) is -1.24. The van der Waals surface area contributed by atoms with Crippen LogP contribution in [0.4, 0.5) is 0 Å². The summed E-state index contributed by atoms with van der Waals surface area (Å²) in [6.45, 7) is 0. The lowest BCUT2D eigenvalue weighted by molar-refractivity contribution is 0.0974. The highest BCUT2D eigenvalue weighted by atomic mass is 35.5. The van der Waals surface area contributed by atoms with Crippen LogP contribution in [-0.2, 0) is 0 Å². The lowest BCUT2D eigenvalue weighted by Gasteiger charge is -2.02. The van der Waals surface area contributed by atoms with Crippen molar-refractivity contribution >= 4 is 40.1 Å². The number of ketones is 1. The van der Waals surface area contributed by atoms with E-state index in [1.54, 1.807) is 23.0 Å². The maximum absolute atomic E-state index is 12.3. The van der Waals surface area contributed by atoms with Gasteiger partial charge in [-0.3, -0.25) is 4.79 Å². The second-order valence-electron chi connectivity index (χ2n) is 4.38. The fraction of sp³-hybridized carbons (Fsp3) is 0.0667. The Morgan fingerprint density at radius 2 is 2.05 bits per heavy atom. The van der Waals surface area contributed by atoms with E-state index in [1.807, 2.05) is 23.6 Å². The molecule has 0 N–H and O–H groups in total. The van der Waals surface area contributed by atoms with Gasteiger partial charge < -0.3 is 0 Å². The zero-order chi connectivity index (χ0) is 15.5. The van der Waals surface area contributed by atoms with Crippen LogP contribution in [0.3, 0.4) is 0 Å². The van der Waals surface area contributed by atoms with Crippen LogP contribution in [0.1, 0.15) is 21.4 Å². The lowest BCUT2D eigenvalue weighted by Crippen LogP contribution is -2.11. The molecule has 0 aliphatic rings. The average Bonchev–Trinajstić information content (AvgIpc) is 3.20. The Labute approximate surface area is 139 Å². The van der Waals surface area contributed by atoms with Gasteiger partial charge in [0.1, 0.15) is 10.7 Å². The maximum Gasteiger partial charge on any atom is 0.206 e. The number of rotatable bonds is 4. The van der Waals surface area contributed by atoms with E-state index in [4.69, 9.17) is 11.6 Å². The second-order valence-corrected chi connectivity index (χ2v) is 6.42. The van der Waals surface area contributed by atoms with Crippen molar-refractivity contribution in [1.29, 1.82) is 5.26 Å². The molecular weight excluding hydrogens is 338 g/mol. The summed E-state index contributed by atoms with van der Waals surface area (Å²) >= 11 is 8.48. The number of carbonyl (C=O) groups excluding carboxylic acids is 1. The van der Waals surface area contributed by atoms with Crippen molar-refractivity contribution in [3.63, 3.8) is 0 Å². The molecule has 0 fully saturated rings. The molecule has 4 nitrogen and oxygen atoms in total. The van der Waals surface area contributed by atoms with Crippen molar-refractivity contribution in [2.75, 3.05) is 0 Å². The zero-order valence-corrected chi connectivity index (χ0v) is 13.5. The minimum atomic E-state index is -0.923. The van der Waals surface area contributed by atoms with Gasteiger partial charge in [0.2, 0.25) is 5.78 Å². The Balaban J connectivity index is 1.90. The molecule has 1 atom stereocenters. The summed E-state index contributed by atoms with van der Waals surface area (Å²) in [4.78, 5) is 20.7. The van der Waals surface area contributed by atoms with Gasteiger partial charge in [0.25, 0.3) is 0 Å². The number of thiazole rings is 2. The molecule has 7 heteroatoms. The first kappa shape index (κ1) is 14.9. The van der Waals surface area contributed by atoms with Crippen LogP contribution < -0.4 is 0 Å². The van der Waals surface area contributed by atoms with Gasteiger partial charge in [-0.1, -0.05) is 23.7 Å². The van der Waals surface area contributed by atoms with E-state index in [0.717, 1.165) is 11.3 Å². The molecule has 0 amide bonds. The van der Waals surface area contributed by atoms with E-state index in [9.17, 15) is 10.1 Å². The van der Waals surface area contributed by atoms with E-state index in [0.29, 0.717) is 15.7 Å². The number of carbonyl (C=O) groups is 1. The number of nitriles is 1. The maximum atomic E-state index is 12.3. The average molecular weight is 346 g/mol. The third kappa shape index (κ3) is 2.92. The van der Waals surface area contributed by atoms with Gasteiger partial charge in [0.05, 0.1) is 17.3 Å². The SMILES string of the molecule is N#CC(C(=O)c1cscn1)c1nc(-c2ccc(Cl)cc2)cs1. The van der Waals surface area contributed by atoms with Gasteiger partial charge in [-0.15, -0.1) is 22.7 Å². The molecule has 1 unspecified atom stereocenters. The number of hydrogen-bond donors (Lipinski definition) is 0. The fourth-order valence-corrected chi connectivity index (χ4v) is 3.42. The van der Waals surface area contributed by atoms with Crippen LogP contribution in [0.2, 0.25) is 5.02 Å². The highest BCUT2D eigenvalue weighted by Gasteiger charge is 2.26. The molecular formula is C15H8ClN3OS2. The van der Waals surface area contributed by atoms with Crippen LogP contribution in [0.5, 0.6) is 0 Å². The third-order valence-electron chi connectivity index (χ3n) is 2.98. The van der Waals surface area contributed by atoms with E-state index in [-0.39, 0.29) is 5.78 Å². The standard InChI is InChI=1S/C15H8ClN3OS2/c16-10-3-1-9(2-4-10)12-7-22-15(19-12)11(5-17)14(20)13-6-21-8-18-13/h1-4,6-8,11H. The highest BCUT2D eigenvalue weighted by molar-refractivity contribution is 7.10. The first-order valence-corrected chi connectivity index (χ1v) is 8.42. The number of Topliss-reactive ketones (excluding diaryl/α,β-unsaturated/α-hetero) is 1. The number of benzene rings is 1. The van der Waals surface area contributed by atoms with E-state index >= 15 is 0 Å². The molecule has 0 aliphatic heterocycles. The Morgan fingerprint density at radius 1 is 1.27 bits per heavy atom. The summed E-state index contributed by atoms with van der Waals surface area (Å²) in [6, 6.07) is 9.28. The van der Waals surface area contributed by atoms with Gasteiger partial charge in [-0.25, -0.2) is 9.97 Å². The molecule has 2 heterocycles. The Hall–Kier alpha value is -2.07. The van der Waals surface area contributed by atoms with Crippen molar-refractivity contribution in [1.82, 2.24) is 9.97 Å². The largest absolute Gasteiger partial charge is 0.290 e. The van der Waals surface area contributed by atoms with Gasteiger partial charge in [-0.2, -0.15) is 5.26 Å². The summed E-state index contributed by atoms with van der Waals surface area (Å²) in [7, 11) is 0.